The number of alkyl halides is 3. The number of fused-ring (bicyclic) bond motifs is 1. The third-order valence-electron chi connectivity index (χ3n) is 4.90. The van der Waals surface area contributed by atoms with E-state index in [0.717, 1.165) is 16.7 Å². The summed E-state index contributed by atoms with van der Waals surface area (Å²) >= 11 is 0. The Labute approximate surface area is 168 Å². The number of aliphatic hydroxyl groups excluding tert-OH is 1. The minimum Gasteiger partial charge on any atom is -0.507 e. The molecule has 0 bridgehead atoms. The summed E-state index contributed by atoms with van der Waals surface area (Å²) in [5.74, 6) is -2.65. The van der Waals surface area contributed by atoms with Gasteiger partial charge in [0.1, 0.15) is 18.1 Å². The van der Waals surface area contributed by atoms with Crippen LogP contribution in [0.4, 0.5) is 17.6 Å². The highest BCUT2D eigenvalue weighted by molar-refractivity contribution is 6.03. The number of aromatic nitrogens is 1. The summed E-state index contributed by atoms with van der Waals surface area (Å²) in [6, 6.07) is 7.05. The minimum atomic E-state index is -4.65. The SMILES string of the molecule is CC(C)(CO)c1c(-c2ccc(C(=O)O)cc2)c2c(O)cc(F)cc2n1CC(F)(F)F. The fourth-order valence-corrected chi connectivity index (χ4v) is 3.60. The van der Waals surface area contributed by atoms with Gasteiger partial charge in [-0.05, 0) is 23.8 Å². The van der Waals surface area contributed by atoms with Crippen LogP contribution in [0.25, 0.3) is 22.0 Å². The fourth-order valence-electron chi connectivity index (χ4n) is 3.60. The molecule has 0 fully saturated rings. The molecular weight excluding hydrogens is 406 g/mol. The van der Waals surface area contributed by atoms with E-state index in [0.29, 0.717) is 5.56 Å². The van der Waals surface area contributed by atoms with Crippen molar-refractivity contribution in [2.45, 2.75) is 32.0 Å². The van der Waals surface area contributed by atoms with Crippen molar-refractivity contribution >= 4 is 16.9 Å². The first kappa shape index (κ1) is 21.6. The Bertz CT molecular complexity index is 1110. The summed E-state index contributed by atoms with van der Waals surface area (Å²) in [6.07, 6.45) is -4.65. The summed E-state index contributed by atoms with van der Waals surface area (Å²) in [5.41, 5.74) is -0.878. The number of hydrogen-bond acceptors (Lipinski definition) is 3. The molecule has 0 aliphatic carbocycles. The smallest absolute Gasteiger partial charge is 0.406 e. The monoisotopic (exact) mass is 425 g/mol. The highest BCUT2D eigenvalue weighted by Crippen LogP contribution is 2.45. The lowest BCUT2D eigenvalue weighted by Crippen LogP contribution is -2.29. The maximum absolute atomic E-state index is 14.0. The van der Waals surface area contributed by atoms with Crippen LogP contribution in [0.15, 0.2) is 36.4 Å². The quantitative estimate of drug-likeness (QED) is 0.519. The van der Waals surface area contributed by atoms with Gasteiger partial charge in [0, 0.05) is 28.1 Å². The first-order valence-electron chi connectivity index (χ1n) is 8.92. The molecule has 0 saturated heterocycles. The number of aromatic hydroxyl groups is 1. The molecule has 1 heterocycles. The first-order valence-corrected chi connectivity index (χ1v) is 8.92. The Morgan fingerprint density at radius 1 is 1.10 bits per heavy atom. The van der Waals surface area contributed by atoms with Crippen LogP contribution in [0.1, 0.15) is 29.9 Å². The topological polar surface area (TPSA) is 82.7 Å². The molecule has 3 rings (SSSR count). The van der Waals surface area contributed by atoms with Crippen LogP contribution in [0.2, 0.25) is 0 Å². The number of phenols is 1. The van der Waals surface area contributed by atoms with Crippen molar-refractivity contribution in [3.63, 3.8) is 0 Å². The highest BCUT2D eigenvalue weighted by atomic mass is 19.4. The molecule has 30 heavy (non-hydrogen) atoms. The molecular formula is C21H19F4NO4. The molecule has 1 aromatic heterocycles. The zero-order valence-corrected chi connectivity index (χ0v) is 16.1. The number of aromatic carboxylic acids is 1. The third-order valence-corrected chi connectivity index (χ3v) is 4.90. The van der Waals surface area contributed by atoms with E-state index in [1.54, 1.807) is 0 Å². The number of aliphatic hydroxyl groups is 1. The van der Waals surface area contributed by atoms with Gasteiger partial charge in [-0.25, -0.2) is 9.18 Å². The number of carboxylic acids is 1. The van der Waals surface area contributed by atoms with Gasteiger partial charge >= 0.3 is 12.1 Å². The number of nitrogens with zero attached hydrogens (tertiary/aromatic N) is 1. The molecule has 0 aliphatic heterocycles. The van der Waals surface area contributed by atoms with Gasteiger partial charge in [-0.15, -0.1) is 0 Å². The molecule has 0 spiro atoms. The van der Waals surface area contributed by atoms with Crippen molar-refractivity contribution in [1.82, 2.24) is 4.57 Å². The predicted octanol–water partition coefficient (Wildman–Crippen LogP) is 4.68. The van der Waals surface area contributed by atoms with Crippen LogP contribution in [-0.2, 0) is 12.0 Å². The van der Waals surface area contributed by atoms with Gasteiger partial charge in [-0.2, -0.15) is 13.2 Å². The van der Waals surface area contributed by atoms with E-state index < -0.39 is 42.3 Å². The number of hydrogen-bond donors (Lipinski definition) is 3. The number of phenolic OH excluding ortho intramolecular Hbond substituents is 1. The zero-order chi connectivity index (χ0) is 22.4. The molecule has 0 unspecified atom stereocenters. The van der Waals surface area contributed by atoms with Gasteiger partial charge in [0.25, 0.3) is 0 Å². The second-order valence-electron chi connectivity index (χ2n) is 7.67. The first-order chi connectivity index (χ1) is 13.9. The molecule has 2 aromatic carbocycles. The molecule has 160 valence electrons. The lowest BCUT2D eigenvalue weighted by Gasteiger charge is -2.27. The van der Waals surface area contributed by atoms with E-state index in [1.165, 1.54) is 38.1 Å². The van der Waals surface area contributed by atoms with Crippen molar-refractivity contribution in [2.24, 2.45) is 0 Å². The third kappa shape index (κ3) is 3.85. The number of carboxylic acid groups (broad SMARTS) is 1. The van der Waals surface area contributed by atoms with Crippen molar-refractivity contribution in [1.29, 1.82) is 0 Å². The number of rotatable bonds is 5. The van der Waals surface area contributed by atoms with E-state index in [1.807, 2.05) is 0 Å². The Morgan fingerprint density at radius 3 is 2.20 bits per heavy atom. The van der Waals surface area contributed by atoms with Gasteiger partial charge in [0.05, 0.1) is 17.7 Å². The average Bonchev–Trinajstić information content (AvgIpc) is 2.95. The lowest BCUT2D eigenvalue weighted by atomic mass is 9.84. The Hall–Kier alpha value is -3.07. The second-order valence-corrected chi connectivity index (χ2v) is 7.67. The molecule has 3 N–H and O–H groups in total. The van der Waals surface area contributed by atoms with E-state index in [-0.39, 0.29) is 27.7 Å². The normalized spacial score (nSPS) is 12.5. The predicted molar refractivity (Wildman–Crippen MR) is 102 cm³/mol. The summed E-state index contributed by atoms with van der Waals surface area (Å²) in [4.78, 5) is 11.1. The van der Waals surface area contributed by atoms with Crippen molar-refractivity contribution < 1.29 is 37.7 Å². The van der Waals surface area contributed by atoms with Crippen molar-refractivity contribution in [3.8, 4) is 16.9 Å². The van der Waals surface area contributed by atoms with Crippen LogP contribution in [0.5, 0.6) is 5.75 Å². The zero-order valence-electron chi connectivity index (χ0n) is 16.1. The van der Waals surface area contributed by atoms with E-state index in [4.69, 9.17) is 5.11 Å². The highest BCUT2D eigenvalue weighted by Gasteiger charge is 2.37. The summed E-state index contributed by atoms with van der Waals surface area (Å²) in [7, 11) is 0. The molecule has 0 amide bonds. The van der Waals surface area contributed by atoms with E-state index in [9.17, 15) is 32.6 Å². The van der Waals surface area contributed by atoms with Crippen molar-refractivity contribution in [3.05, 3.63) is 53.5 Å². The Balaban J connectivity index is 2.48. The maximum atomic E-state index is 14.0. The molecule has 0 radical (unpaired) electrons. The molecule has 5 nitrogen and oxygen atoms in total. The van der Waals surface area contributed by atoms with Gasteiger partial charge in [0.2, 0.25) is 0 Å². The average molecular weight is 425 g/mol. The minimum absolute atomic E-state index is 0.0137. The molecule has 3 aromatic rings. The standard InChI is InChI=1S/C21H19F4NO4/c1-20(2,10-27)18-16(11-3-5-12(6-4-11)19(29)30)17-14(7-13(22)8-15(17)28)26(18)9-21(23,24)25/h3-8,27-28H,9-10H2,1-2H3,(H,29,30). The van der Waals surface area contributed by atoms with Gasteiger partial charge in [-0.3, -0.25) is 0 Å². The number of benzene rings is 2. The van der Waals surface area contributed by atoms with E-state index in [2.05, 4.69) is 0 Å². The fraction of sp³-hybridized carbons (Fsp3) is 0.286. The number of carbonyl (C=O) groups is 1. The van der Waals surface area contributed by atoms with Gasteiger partial charge in [-0.1, -0.05) is 26.0 Å². The molecule has 0 saturated carbocycles. The maximum Gasteiger partial charge on any atom is 0.406 e. The largest absolute Gasteiger partial charge is 0.507 e. The van der Waals surface area contributed by atoms with E-state index >= 15 is 0 Å². The summed E-state index contributed by atoms with van der Waals surface area (Å²) < 4.78 is 55.0. The Kier molecular flexibility index (Phi) is 5.28. The van der Waals surface area contributed by atoms with Crippen molar-refractivity contribution in [2.75, 3.05) is 6.61 Å². The van der Waals surface area contributed by atoms with Crippen LogP contribution in [0.3, 0.4) is 0 Å². The van der Waals surface area contributed by atoms with Gasteiger partial charge < -0.3 is 19.9 Å². The molecule has 0 aliphatic rings. The van der Waals surface area contributed by atoms with Crippen LogP contribution >= 0.6 is 0 Å². The summed E-state index contributed by atoms with van der Waals surface area (Å²) in [5, 5.41) is 29.4. The lowest BCUT2D eigenvalue weighted by molar-refractivity contribution is -0.140. The second kappa shape index (κ2) is 7.32. The number of halogens is 4. The summed E-state index contributed by atoms with van der Waals surface area (Å²) in [6.45, 7) is 1.07. The Morgan fingerprint density at radius 2 is 1.70 bits per heavy atom. The van der Waals surface area contributed by atoms with Crippen LogP contribution in [0, 0.1) is 5.82 Å². The molecule has 0 atom stereocenters. The molecule has 9 heteroatoms. The van der Waals surface area contributed by atoms with Crippen LogP contribution < -0.4 is 0 Å². The van der Waals surface area contributed by atoms with Gasteiger partial charge in [0.15, 0.2) is 0 Å². The van der Waals surface area contributed by atoms with Crippen LogP contribution in [-0.4, -0.2) is 38.6 Å².